The topological polar surface area (TPSA) is 59.9 Å². The summed E-state index contributed by atoms with van der Waals surface area (Å²) in [5.74, 6) is 0.186. The molecule has 25 heavy (non-hydrogen) atoms. The van der Waals surface area contributed by atoms with Crippen molar-refractivity contribution in [3.63, 3.8) is 0 Å². The molecule has 1 heterocycles. The molecule has 1 amide bonds. The molecule has 0 unspecified atom stereocenters. The first-order valence-corrected chi connectivity index (χ1v) is 7.92. The highest BCUT2D eigenvalue weighted by Gasteiger charge is 2.42. The summed E-state index contributed by atoms with van der Waals surface area (Å²) in [6.45, 7) is 2.00. The van der Waals surface area contributed by atoms with Crippen LogP contribution in [0.3, 0.4) is 0 Å². The quantitative estimate of drug-likeness (QED) is 0.909. The number of methoxy groups -OCH3 is 1. The summed E-state index contributed by atoms with van der Waals surface area (Å²) in [7, 11) is 1.60. The first-order chi connectivity index (χ1) is 12.0. The van der Waals surface area contributed by atoms with Gasteiger partial charge in [0.05, 0.1) is 12.8 Å². The van der Waals surface area contributed by atoms with E-state index in [4.69, 9.17) is 9.57 Å². The van der Waals surface area contributed by atoms with Gasteiger partial charge in [0.2, 0.25) is 5.60 Å². The second-order valence-corrected chi connectivity index (χ2v) is 6.07. The van der Waals surface area contributed by atoms with Crippen LogP contribution in [0.2, 0.25) is 0 Å². The first-order valence-electron chi connectivity index (χ1n) is 7.92. The van der Waals surface area contributed by atoms with E-state index in [0.29, 0.717) is 18.7 Å². The number of amides is 1. The molecule has 2 aromatic rings. The van der Waals surface area contributed by atoms with Crippen molar-refractivity contribution in [2.45, 2.75) is 25.5 Å². The Morgan fingerprint density at radius 3 is 2.56 bits per heavy atom. The van der Waals surface area contributed by atoms with Gasteiger partial charge >= 0.3 is 0 Å². The highest BCUT2D eigenvalue weighted by atomic mass is 19.1. The van der Waals surface area contributed by atoms with E-state index in [9.17, 15) is 9.18 Å². The van der Waals surface area contributed by atoms with Crippen LogP contribution in [0.1, 0.15) is 24.5 Å². The summed E-state index contributed by atoms with van der Waals surface area (Å²) in [5.41, 5.74) is 1.35. The zero-order valence-electron chi connectivity index (χ0n) is 14.1. The van der Waals surface area contributed by atoms with E-state index in [0.717, 1.165) is 16.9 Å². The van der Waals surface area contributed by atoms with Crippen molar-refractivity contribution in [1.29, 1.82) is 0 Å². The van der Waals surface area contributed by atoms with Gasteiger partial charge in [0, 0.05) is 13.0 Å². The molecule has 1 aliphatic rings. The molecular formula is C19H19FN2O3. The molecular weight excluding hydrogens is 323 g/mol. The average Bonchev–Trinajstić information content (AvgIpc) is 3.04. The fraction of sp³-hybridized carbons (Fsp3) is 0.263. The summed E-state index contributed by atoms with van der Waals surface area (Å²) < 4.78 is 18.0. The Morgan fingerprint density at radius 1 is 1.24 bits per heavy atom. The van der Waals surface area contributed by atoms with E-state index in [1.54, 1.807) is 26.2 Å². The Bertz CT molecular complexity index is 787. The van der Waals surface area contributed by atoms with Gasteiger partial charge in [0.1, 0.15) is 11.6 Å². The number of hydrogen-bond donors (Lipinski definition) is 1. The third-order valence-electron chi connectivity index (χ3n) is 4.13. The molecule has 130 valence electrons. The number of ether oxygens (including phenoxy) is 1. The van der Waals surface area contributed by atoms with Crippen LogP contribution in [-0.2, 0) is 16.2 Å². The molecule has 3 rings (SSSR count). The van der Waals surface area contributed by atoms with Crippen LogP contribution in [0.25, 0.3) is 0 Å². The Labute approximate surface area is 145 Å². The zero-order chi connectivity index (χ0) is 17.9. The number of halogens is 1. The number of carbonyl (C=O) groups excluding carboxylic acids is 1. The molecule has 5 nitrogen and oxygen atoms in total. The lowest BCUT2D eigenvalue weighted by molar-refractivity contribution is -0.141. The lowest BCUT2D eigenvalue weighted by Gasteiger charge is -2.20. The van der Waals surface area contributed by atoms with Gasteiger partial charge in [-0.05, 0) is 54.4 Å². The third kappa shape index (κ3) is 3.79. The summed E-state index contributed by atoms with van der Waals surface area (Å²) in [6.07, 6.45) is 0.370. The van der Waals surface area contributed by atoms with E-state index in [1.165, 1.54) is 12.1 Å². The van der Waals surface area contributed by atoms with Crippen LogP contribution >= 0.6 is 0 Å². The molecule has 0 bridgehead atoms. The van der Waals surface area contributed by atoms with Crippen LogP contribution in [-0.4, -0.2) is 24.3 Å². The van der Waals surface area contributed by atoms with E-state index in [-0.39, 0.29) is 11.7 Å². The maximum Gasteiger partial charge on any atom is 0.267 e. The van der Waals surface area contributed by atoms with Crippen LogP contribution in [0.15, 0.2) is 53.7 Å². The largest absolute Gasteiger partial charge is 0.497 e. The lowest BCUT2D eigenvalue weighted by Crippen LogP contribution is -2.44. The highest BCUT2D eigenvalue weighted by Crippen LogP contribution is 2.27. The van der Waals surface area contributed by atoms with E-state index in [1.807, 2.05) is 24.3 Å². The van der Waals surface area contributed by atoms with Crippen molar-refractivity contribution in [3.05, 3.63) is 65.5 Å². The van der Waals surface area contributed by atoms with Crippen LogP contribution in [0, 0.1) is 5.82 Å². The number of oxime groups is 1. The average molecular weight is 342 g/mol. The molecule has 1 N–H and O–H groups in total. The molecule has 6 heteroatoms. The highest BCUT2D eigenvalue weighted by molar-refractivity contribution is 6.05. The predicted octanol–water partition coefficient (Wildman–Crippen LogP) is 3.03. The van der Waals surface area contributed by atoms with Crippen LogP contribution in [0.5, 0.6) is 5.75 Å². The van der Waals surface area contributed by atoms with Crippen LogP contribution in [0.4, 0.5) is 4.39 Å². The van der Waals surface area contributed by atoms with Gasteiger partial charge in [0.25, 0.3) is 5.91 Å². The Morgan fingerprint density at radius 2 is 1.92 bits per heavy atom. The molecule has 1 atom stereocenters. The summed E-state index contributed by atoms with van der Waals surface area (Å²) in [4.78, 5) is 17.9. The molecule has 0 aromatic heterocycles. The first kappa shape index (κ1) is 17.0. The molecule has 0 radical (unpaired) electrons. The molecule has 2 aromatic carbocycles. The van der Waals surface area contributed by atoms with Crippen molar-refractivity contribution in [1.82, 2.24) is 5.32 Å². The van der Waals surface area contributed by atoms with Crippen molar-refractivity contribution in [2.24, 2.45) is 5.16 Å². The minimum absolute atomic E-state index is 0.260. The standard InChI is InChI=1S/C19H19FN2O3/c1-19(18(23)21-12-13-3-7-15(20)8-4-13)11-17(22-25-19)14-5-9-16(24-2)10-6-14/h3-10H,11-12H2,1-2H3,(H,21,23)/t19-/m0/s1. The maximum absolute atomic E-state index is 12.9. The Kier molecular flexibility index (Phi) is 4.70. The molecule has 0 aliphatic carbocycles. The predicted molar refractivity (Wildman–Crippen MR) is 91.9 cm³/mol. The molecule has 0 spiro atoms. The number of benzene rings is 2. The van der Waals surface area contributed by atoms with Crippen molar-refractivity contribution >= 4 is 11.6 Å². The smallest absolute Gasteiger partial charge is 0.267 e. The van der Waals surface area contributed by atoms with Gasteiger partial charge in [-0.25, -0.2) is 4.39 Å². The molecule has 0 fully saturated rings. The summed E-state index contributed by atoms with van der Waals surface area (Å²) in [5, 5.41) is 6.88. The van der Waals surface area contributed by atoms with Gasteiger partial charge in [-0.3, -0.25) is 4.79 Å². The number of carbonyl (C=O) groups is 1. The fourth-order valence-corrected chi connectivity index (χ4v) is 2.57. The Hall–Kier alpha value is -2.89. The van der Waals surface area contributed by atoms with Crippen molar-refractivity contribution in [3.8, 4) is 5.75 Å². The van der Waals surface area contributed by atoms with Gasteiger partial charge in [-0.2, -0.15) is 0 Å². The van der Waals surface area contributed by atoms with Gasteiger partial charge < -0.3 is 14.9 Å². The SMILES string of the molecule is COc1ccc(C2=NO[C@](C)(C(=O)NCc3ccc(F)cc3)C2)cc1. The monoisotopic (exact) mass is 342 g/mol. The van der Waals surface area contributed by atoms with Gasteiger partial charge in [0.15, 0.2) is 0 Å². The van der Waals surface area contributed by atoms with Gasteiger partial charge in [-0.15, -0.1) is 0 Å². The normalized spacial score (nSPS) is 19.1. The molecule has 0 saturated carbocycles. The van der Waals surface area contributed by atoms with E-state index >= 15 is 0 Å². The van der Waals surface area contributed by atoms with Gasteiger partial charge in [-0.1, -0.05) is 17.3 Å². The number of hydrogen-bond acceptors (Lipinski definition) is 4. The van der Waals surface area contributed by atoms with E-state index < -0.39 is 5.60 Å². The second-order valence-electron chi connectivity index (χ2n) is 6.07. The van der Waals surface area contributed by atoms with Crippen molar-refractivity contribution in [2.75, 3.05) is 7.11 Å². The molecule has 1 aliphatic heterocycles. The summed E-state index contributed by atoms with van der Waals surface area (Å²) in [6, 6.07) is 13.4. The van der Waals surface area contributed by atoms with Crippen molar-refractivity contribution < 1.29 is 18.8 Å². The number of rotatable bonds is 5. The Balaban J connectivity index is 1.60. The minimum atomic E-state index is -1.06. The van der Waals surface area contributed by atoms with E-state index in [2.05, 4.69) is 10.5 Å². The maximum atomic E-state index is 12.9. The third-order valence-corrected chi connectivity index (χ3v) is 4.13. The minimum Gasteiger partial charge on any atom is -0.497 e. The van der Waals surface area contributed by atoms with Crippen LogP contribution < -0.4 is 10.1 Å². The zero-order valence-corrected chi connectivity index (χ0v) is 14.1. The second kappa shape index (κ2) is 6.93. The lowest BCUT2D eigenvalue weighted by atomic mass is 9.95. The molecule has 0 saturated heterocycles. The fourth-order valence-electron chi connectivity index (χ4n) is 2.57. The number of nitrogens with one attached hydrogen (secondary N) is 1. The summed E-state index contributed by atoms with van der Waals surface area (Å²) >= 11 is 0. The number of nitrogens with zero attached hydrogens (tertiary/aromatic N) is 1.